The number of H-pyrrole nitrogens is 1. The summed E-state index contributed by atoms with van der Waals surface area (Å²) in [5, 5.41) is 19.5. The summed E-state index contributed by atoms with van der Waals surface area (Å²) in [6.45, 7) is 9.91. The minimum atomic E-state index is -0.653. The van der Waals surface area contributed by atoms with Gasteiger partial charge in [0.15, 0.2) is 0 Å². The van der Waals surface area contributed by atoms with E-state index in [-0.39, 0.29) is 37.2 Å². The number of aromatic amines is 1. The number of amides is 4. The number of fused-ring (bicyclic) bond motifs is 4. The van der Waals surface area contributed by atoms with Crippen molar-refractivity contribution < 1.29 is 28.4 Å². The lowest BCUT2D eigenvalue weighted by Crippen LogP contribution is -2.52. The number of nitrogens with zero attached hydrogens (tertiary/aromatic N) is 6. The lowest BCUT2D eigenvalue weighted by molar-refractivity contribution is -0.136. The summed E-state index contributed by atoms with van der Waals surface area (Å²) in [7, 11) is 0. The van der Waals surface area contributed by atoms with Gasteiger partial charge in [-0.3, -0.25) is 24.5 Å². The van der Waals surface area contributed by atoms with E-state index in [0.717, 1.165) is 79.9 Å². The van der Waals surface area contributed by atoms with E-state index in [1.807, 2.05) is 37.6 Å². The van der Waals surface area contributed by atoms with Crippen molar-refractivity contribution in [1.82, 2.24) is 45.4 Å². The number of carbonyl (C=O) groups excluding carboxylic acids is 4. The number of imide groups is 1. The highest BCUT2D eigenvalue weighted by Crippen LogP contribution is 2.41. The fourth-order valence-corrected chi connectivity index (χ4v) is 8.43. The van der Waals surface area contributed by atoms with Crippen molar-refractivity contribution in [3.05, 3.63) is 81.6 Å². The highest BCUT2D eigenvalue weighted by atomic mass is 16.5. The summed E-state index contributed by atoms with van der Waals surface area (Å²) in [5.41, 5.74) is 8.74. The van der Waals surface area contributed by atoms with E-state index in [1.54, 1.807) is 11.0 Å². The van der Waals surface area contributed by atoms with Crippen LogP contribution in [0.15, 0.2) is 40.9 Å². The van der Waals surface area contributed by atoms with Crippen LogP contribution in [0.25, 0.3) is 33.1 Å². The Morgan fingerprint density at radius 3 is 2.64 bits per heavy atom. The van der Waals surface area contributed by atoms with Crippen molar-refractivity contribution in [1.29, 1.82) is 0 Å². The van der Waals surface area contributed by atoms with Crippen LogP contribution in [0, 0.1) is 20.8 Å². The van der Waals surface area contributed by atoms with E-state index >= 15 is 0 Å². The maximum absolute atomic E-state index is 13.6. The molecule has 1 atom stereocenters. The molecule has 2 aliphatic heterocycles. The first-order chi connectivity index (χ1) is 28.6. The van der Waals surface area contributed by atoms with Gasteiger partial charge in [0.1, 0.15) is 29.1 Å². The molecular weight excluding hydrogens is 753 g/mol. The summed E-state index contributed by atoms with van der Waals surface area (Å²) in [6, 6.07) is 11.2. The standard InChI is InChI=1S/C43H46N10O6/c1-5-53-34(20-31(50-53)26-11-12-26)46-39-37-29-18-22(2)28(36-23(3)51-59-24(36)4)19-32(29)45-38(37)48-40(49-39)42(56)44-15-17-58-16-7-9-25-8-6-10-27-30(25)21-52(43(27)57)33-13-14-35(54)47-41(33)55/h6,8,10,18-20,26,33H,5,7,9,11-17,21H2,1-4H3,(H,44,56)(H,47,54,55)(H2,45,46,48,49). The minimum Gasteiger partial charge on any atom is -0.380 e. The first-order valence-electron chi connectivity index (χ1n) is 20.3. The number of piperidine rings is 1. The van der Waals surface area contributed by atoms with E-state index in [4.69, 9.17) is 24.3 Å². The Bertz CT molecular complexity index is 2650. The van der Waals surface area contributed by atoms with Crippen molar-refractivity contribution in [3.63, 3.8) is 0 Å². The van der Waals surface area contributed by atoms with Crippen molar-refractivity contribution in [2.75, 3.05) is 25.1 Å². The smallest absolute Gasteiger partial charge is 0.289 e. The molecule has 304 valence electrons. The predicted molar refractivity (Wildman–Crippen MR) is 218 cm³/mol. The molecule has 6 heterocycles. The third-order valence-corrected chi connectivity index (χ3v) is 11.6. The molecular formula is C43H46N10O6. The van der Waals surface area contributed by atoms with Gasteiger partial charge in [0.25, 0.3) is 11.8 Å². The first kappa shape index (κ1) is 38.1. The molecule has 0 spiro atoms. The van der Waals surface area contributed by atoms with Gasteiger partial charge in [-0.1, -0.05) is 17.3 Å². The molecule has 6 aromatic rings. The average molecular weight is 799 g/mol. The lowest BCUT2D eigenvalue weighted by atomic mass is 9.97. The van der Waals surface area contributed by atoms with Crippen LogP contribution < -0.4 is 16.0 Å². The molecule has 1 aliphatic carbocycles. The Hall–Kier alpha value is -6.42. The lowest BCUT2D eigenvalue weighted by Gasteiger charge is -2.29. The fourth-order valence-electron chi connectivity index (χ4n) is 8.43. The quantitative estimate of drug-likeness (QED) is 0.0782. The molecule has 9 rings (SSSR count). The number of hydrogen-bond acceptors (Lipinski definition) is 11. The molecule has 2 aromatic carbocycles. The topological polar surface area (TPSA) is 202 Å². The average Bonchev–Trinajstić information content (AvgIpc) is 3.60. The van der Waals surface area contributed by atoms with Crippen LogP contribution in [0.2, 0.25) is 0 Å². The molecule has 16 heteroatoms. The zero-order valence-electron chi connectivity index (χ0n) is 33.5. The van der Waals surface area contributed by atoms with Crippen molar-refractivity contribution >= 4 is 57.2 Å². The van der Waals surface area contributed by atoms with E-state index in [9.17, 15) is 19.2 Å². The number of nitrogens with one attached hydrogen (secondary N) is 4. The van der Waals surface area contributed by atoms with Crippen molar-refractivity contribution in [2.24, 2.45) is 0 Å². The number of ether oxygens (including phenoxy) is 1. The number of hydrogen-bond donors (Lipinski definition) is 4. The first-order valence-corrected chi connectivity index (χ1v) is 20.3. The Morgan fingerprint density at radius 1 is 1.03 bits per heavy atom. The van der Waals surface area contributed by atoms with Gasteiger partial charge < -0.3 is 29.8 Å². The van der Waals surface area contributed by atoms with E-state index in [2.05, 4.69) is 51.2 Å². The second-order valence-electron chi connectivity index (χ2n) is 15.6. The summed E-state index contributed by atoms with van der Waals surface area (Å²) in [6.07, 6.45) is 4.17. The van der Waals surface area contributed by atoms with E-state index in [1.165, 1.54) is 0 Å². The number of aryl methyl sites for hydroxylation is 5. The fraction of sp³-hybridized carbons (Fsp3) is 0.395. The molecule has 16 nitrogen and oxygen atoms in total. The maximum atomic E-state index is 13.6. The molecule has 4 amide bonds. The molecule has 3 aliphatic rings. The highest BCUT2D eigenvalue weighted by molar-refractivity contribution is 6.13. The molecule has 4 aromatic heterocycles. The van der Waals surface area contributed by atoms with Crippen LogP contribution in [0.4, 0.5) is 11.6 Å². The number of benzene rings is 2. The van der Waals surface area contributed by atoms with Gasteiger partial charge in [0, 0.05) is 66.7 Å². The summed E-state index contributed by atoms with van der Waals surface area (Å²) >= 11 is 0. The van der Waals surface area contributed by atoms with E-state index in [0.29, 0.717) is 61.9 Å². The minimum absolute atomic E-state index is 0.0121. The molecule has 1 unspecified atom stereocenters. The molecule has 1 saturated carbocycles. The molecule has 0 radical (unpaired) electrons. The zero-order chi connectivity index (χ0) is 40.9. The van der Waals surface area contributed by atoms with Crippen LogP contribution in [0.5, 0.6) is 0 Å². The third kappa shape index (κ3) is 7.21. The van der Waals surface area contributed by atoms with Gasteiger partial charge in [0.05, 0.1) is 23.4 Å². The molecule has 2 fully saturated rings. The molecule has 4 N–H and O–H groups in total. The Morgan fingerprint density at radius 2 is 1.88 bits per heavy atom. The van der Waals surface area contributed by atoms with Crippen LogP contribution in [-0.4, -0.2) is 84.2 Å². The Kier molecular flexibility index (Phi) is 9.95. The number of rotatable bonds is 14. The van der Waals surface area contributed by atoms with Crippen molar-refractivity contribution in [3.8, 4) is 11.1 Å². The van der Waals surface area contributed by atoms with Crippen LogP contribution in [0.1, 0.15) is 99.8 Å². The molecule has 1 saturated heterocycles. The second-order valence-corrected chi connectivity index (χ2v) is 15.6. The van der Waals surface area contributed by atoms with Crippen molar-refractivity contribution in [2.45, 2.75) is 91.3 Å². The SMILES string of the molecule is CCn1nc(C2CC2)cc1Nc1nc(C(=O)NCCOCCCc2cccc3c2CN(C2CCC(=O)NC2=O)C3=O)nc2[nH]c3cc(-c4c(C)noc4C)c(C)cc3c12. The molecule has 0 bridgehead atoms. The summed E-state index contributed by atoms with van der Waals surface area (Å²) in [4.78, 5) is 65.5. The van der Waals surface area contributed by atoms with Crippen LogP contribution in [0.3, 0.4) is 0 Å². The van der Waals surface area contributed by atoms with Crippen LogP contribution >= 0.6 is 0 Å². The van der Waals surface area contributed by atoms with Gasteiger partial charge in [-0.2, -0.15) is 5.10 Å². The summed E-state index contributed by atoms with van der Waals surface area (Å²) < 4.78 is 13.3. The number of anilines is 2. The third-order valence-electron chi connectivity index (χ3n) is 11.6. The predicted octanol–water partition coefficient (Wildman–Crippen LogP) is 5.67. The largest absolute Gasteiger partial charge is 0.380 e. The normalized spacial score (nSPS) is 16.6. The van der Waals surface area contributed by atoms with Gasteiger partial charge in [0.2, 0.25) is 17.6 Å². The zero-order valence-corrected chi connectivity index (χ0v) is 33.5. The van der Waals surface area contributed by atoms with E-state index < -0.39 is 17.9 Å². The Labute approximate surface area is 339 Å². The van der Waals surface area contributed by atoms with Gasteiger partial charge in [-0.25, -0.2) is 14.6 Å². The van der Waals surface area contributed by atoms with Gasteiger partial charge >= 0.3 is 0 Å². The van der Waals surface area contributed by atoms with Crippen LogP contribution in [-0.2, 0) is 33.8 Å². The molecule has 59 heavy (non-hydrogen) atoms. The number of carbonyl (C=O) groups is 4. The van der Waals surface area contributed by atoms with Gasteiger partial charge in [-0.05, 0) is 100 Å². The highest BCUT2D eigenvalue weighted by Gasteiger charge is 2.39. The Balaban J connectivity index is 0.876. The maximum Gasteiger partial charge on any atom is 0.289 e. The second kappa shape index (κ2) is 15.4. The monoisotopic (exact) mass is 798 g/mol. The number of aromatic nitrogens is 6. The summed E-state index contributed by atoms with van der Waals surface area (Å²) in [5.74, 6) is 1.16. The van der Waals surface area contributed by atoms with Gasteiger partial charge in [-0.15, -0.1) is 0 Å².